The van der Waals surface area contributed by atoms with Crippen LogP contribution in [0.3, 0.4) is 0 Å². The summed E-state index contributed by atoms with van der Waals surface area (Å²) in [4.78, 5) is 15.2. The number of carbonyl (C=O) groups is 1. The monoisotopic (exact) mass is 303 g/mol. The molecular formula is C16H18ClN3O. The van der Waals surface area contributed by atoms with E-state index in [1.165, 1.54) is 11.3 Å². The van der Waals surface area contributed by atoms with Gasteiger partial charge >= 0.3 is 0 Å². The molecule has 3 N–H and O–H groups in total. The smallest absolute Gasteiger partial charge is 0.231 e. The standard InChI is InChI=1S/C16H17N3O.ClH/c1-9-12-6-10(2-3-14(12)19-16(9)20)15-7-11-8-17-5-4-13(11)18-15;/h2-3,6-7,9,17-18H,4-5,8H2,1H3,(H,19,20);1H. The summed E-state index contributed by atoms with van der Waals surface area (Å²) in [7, 11) is 0. The molecule has 0 radical (unpaired) electrons. The molecule has 3 heterocycles. The van der Waals surface area contributed by atoms with Gasteiger partial charge in [-0.05, 0) is 41.8 Å². The first-order chi connectivity index (χ1) is 9.72. The third kappa shape index (κ3) is 2.24. The molecule has 2 aliphatic rings. The average molecular weight is 304 g/mol. The van der Waals surface area contributed by atoms with Gasteiger partial charge < -0.3 is 15.6 Å². The highest BCUT2D eigenvalue weighted by atomic mass is 35.5. The Balaban J connectivity index is 0.00000132. The van der Waals surface area contributed by atoms with E-state index in [0.29, 0.717) is 0 Å². The van der Waals surface area contributed by atoms with Crippen molar-refractivity contribution in [3.63, 3.8) is 0 Å². The molecule has 21 heavy (non-hydrogen) atoms. The van der Waals surface area contributed by atoms with Crippen LogP contribution in [0.25, 0.3) is 11.3 Å². The van der Waals surface area contributed by atoms with Gasteiger partial charge in [0.15, 0.2) is 0 Å². The molecule has 1 amide bonds. The van der Waals surface area contributed by atoms with Crippen LogP contribution in [0.4, 0.5) is 5.69 Å². The number of aromatic amines is 1. The molecule has 0 saturated heterocycles. The summed E-state index contributed by atoms with van der Waals surface area (Å²) in [5.41, 5.74) is 7.03. The second kappa shape index (κ2) is 5.20. The lowest BCUT2D eigenvalue weighted by Crippen LogP contribution is -2.22. The van der Waals surface area contributed by atoms with E-state index < -0.39 is 0 Å². The zero-order valence-corrected chi connectivity index (χ0v) is 12.6. The molecule has 1 unspecified atom stereocenters. The van der Waals surface area contributed by atoms with Gasteiger partial charge in [-0.3, -0.25) is 4.79 Å². The Bertz CT molecular complexity index is 684. The minimum Gasteiger partial charge on any atom is -0.358 e. The van der Waals surface area contributed by atoms with Gasteiger partial charge in [0.25, 0.3) is 0 Å². The first-order valence-electron chi connectivity index (χ1n) is 7.09. The number of hydrogen-bond donors (Lipinski definition) is 3. The van der Waals surface area contributed by atoms with Crippen LogP contribution in [-0.2, 0) is 17.8 Å². The molecule has 2 aromatic rings. The maximum atomic E-state index is 11.7. The number of benzene rings is 1. The van der Waals surface area contributed by atoms with Crippen LogP contribution < -0.4 is 10.6 Å². The third-order valence-corrected chi connectivity index (χ3v) is 4.34. The molecule has 0 fully saturated rings. The third-order valence-electron chi connectivity index (χ3n) is 4.34. The Morgan fingerprint density at radius 1 is 1.24 bits per heavy atom. The number of H-pyrrole nitrogens is 1. The summed E-state index contributed by atoms with van der Waals surface area (Å²) < 4.78 is 0. The highest BCUT2D eigenvalue weighted by molar-refractivity contribution is 6.03. The number of fused-ring (bicyclic) bond motifs is 2. The first kappa shape index (κ1) is 14.2. The number of anilines is 1. The molecule has 2 aliphatic heterocycles. The SMILES string of the molecule is CC1C(=O)Nc2ccc(-c3cc4c([nH]3)CCNC4)cc21.Cl. The lowest BCUT2D eigenvalue weighted by atomic mass is 9.99. The van der Waals surface area contributed by atoms with Gasteiger partial charge in [-0.1, -0.05) is 6.07 Å². The molecule has 1 aromatic carbocycles. The van der Waals surface area contributed by atoms with E-state index in [0.717, 1.165) is 42.0 Å². The molecule has 0 aliphatic carbocycles. The molecular weight excluding hydrogens is 286 g/mol. The van der Waals surface area contributed by atoms with Crippen LogP contribution in [0.1, 0.15) is 29.7 Å². The fourth-order valence-corrected chi connectivity index (χ4v) is 3.10. The summed E-state index contributed by atoms with van der Waals surface area (Å²) in [6.45, 7) is 3.93. The van der Waals surface area contributed by atoms with Crippen molar-refractivity contribution < 1.29 is 4.79 Å². The van der Waals surface area contributed by atoms with Crippen molar-refractivity contribution >= 4 is 24.0 Å². The van der Waals surface area contributed by atoms with Gasteiger partial charge in [0.2, 0.25) is 5.91 Å². The topological polar surface area (TPSA) is 56.9 Å². The van der Waals surface area contributed by atoms with Crippen LogP contribution in [0.5, 0.6) is 0 Å². The number of nitrogens with one attached hydrogen (secondary N) is 3. The van der Waals surface area contributed by atoms with E-state index in [2.05, 4.69) is 33.8 Å². The highest BCUT2D eigenvalue weighted by Gasteiger charge is 2.26. The van der Waals surface area contributed by atoms with E-state index in [4.69, 9.17) is 0 Å². The molecule has 0 spiro atoms. The Hall–Kier alpha value is -1.78. The molecule has 0 saturated carbocycles. The molecule has 5 heteroatoms. The van der Waals surface area contributed by atoms with E-state index in [1.54, 1.807) is 0 Å². The quantitative estimate of drug-likeness (QED) is 0.759. The highest BCUT2D eigenvalue weighted by Crippen LogP contribution is 2.35. The van der Waals surface area contributed by atoms with Gasteiger partial charge in [0, 0.05) is 36.6 Å². The van der Waals surface area contributed by atoms with Crippen molar-refractivity contribution in [3.8, 4) is 11.3 Å². The van der Waals surface area contributed by atoms with E-state index >= 15 is 0 Å². The summed E-state index contributed by atoms with van der Waals surface area (Å²) in [6.07, 6.45) is 1.05. The lowest BCUT2D eigenvalue weighted by molar-refractivity contribution is -0.116. The van der Waals surface area contributed by atoms with Crippen LogP contribution in [0.2, 0.25) is 0 Å². The van der Waals surface area contributed by atoms with Crippen LogP contribution in [0.15, 0.2) is 24.3 Å². The Morgan fingerprint density at radius 3 is 2.90 bits per heavy atom. The fraction of sp³-hybridized carbons (Fsp3) is 0.312. The van der Waals surface area contributed by atoms with Crippen LogP contribution >= 0.6 is 12.4 Å². The normalized spacial score (nSPS) is 19.5. The number of hydrogen-bond acceptors (Lipinski definition) is 2. The Morgan fingerprint density at radius 2 is 2.10 bits per heavy atom. The van der Waals surface area contributed by atoms with Crippen molar-refractivity contribution in [2.75, 3.05) is 11.9 Å². The number of carbonyl (C=O) groups excluding carboxylic acids is 1. The van der Waals surface area contributed by atoms with Gasteiger partial charge in [-0.25, -0.2) is 0 Å². The predicted molar refractivity (Wildman–Crippen MR) is 85.9 cm³/mol. The zero-order valence-electron chi connectivity index (χ0n) is 11.8. The van der Waals surface area contributed by atoms with Gasteiger partial charge in [-0.2, -0.15) is 0 Å². The largest absolute Gasteiger partial charge is 0.358 e. The summed E-state index contributed by atoms with van der Waals surface area (Å²) in [5, 5.41) is 6.30. The fourth-order valence-electron chi connectivity index (χ4n) is 3.10. The van der Waals surface area contributed by atoms with E-state index in [1.807, 2.05) is 13.0 Å². The second-order valence-corrected chi connectivity index (χ2v) is 5.63. The summed E-state index contributed by atoms with van der Waals surface area (Å²) in [6, 6.07) is 8.42. The number of aromatic nitrogens is 1. The summed E-state index contributed by atoms with van der Waals surface area (Å²) in [5.74, 6) is 0.0309. The molecule has 0 bridgehead atoms. The minimum atomic E-state index is -0.0591. The Labute approximate surface area is 129 Å². The van der Waals surface area contributed by atoms with Crippen LogP contribution in [0, 0.1) is 0 Å². The van der Waals surface area contributed by atoms with Gasteiger partial charge in [-0.15, -0.1) is 12.4 Å². The van der Waals surface area contributed by atoms with E-state index in [-0.39, 0.29) is 24.2 Å². The Kier molecular flexibility index (Phi) is 3.51. The van der Waals surface area contributed by atoms with Gasteiger partial charge in [0.05, 0.1) is 5.92 Å². The van der Waals surface area contributed by atoms with Crippen molar-refractivity contribution in [1.82, 2.24) is 10.3 Å². The molecule has 1 aromatic heterocycles. The maximum absolute atomic E-state index is 11.7. The van der Waals surface area contributed by atoms with Crippen molar-refractivity contribution in [2.45, 2.75) is 25.8 Å². The zero-order chi connectivity index (χ0) is 13.7. The average Bonchev–Trinajstić information content (AvgIpc) is 3.01. The van der Waals surface area contributed by atoms with Gasteiger partial charge in [0.1, 0.15) is 0 Å². The minimum absolute atomic E-state index is 0. The first-order valence-corrected chi connectivity index (χ1v) is 7.09. The molecule has 4 nitrogen and oxygen atoms in total. The van der Waals surface area contributed by atoms with Crippen LogP contribution in [-0.4, -0.2) is 17.4 Å². The van der Waals surface area contributed by atoms with Crippen molar-refractivity contribution in [3.05, 3.63) is 41.1 Å². The molecule has 1 atom stereocenters. The lowest BCUT2D eigenvalue weighted by Gasteiger charge is -2.11. The summed E-state index contributed by atoms with van der Waals surface area (Å²) >= 11 is 0. The number of amides is 1. The van der Waals surface area contributed by atoms with E-state index in [9.17, 15) is 4.79 Å². The molecule has 4 rings (SSSR count). The second-order valence-electron chi connectivity index (χ2n) is 5.63. The van der Waals surface area contributed by atoms with Crippen molar-refractivity contribution in [2.24, 2.45) is 0 Å². The van der Waals surface area contributed by atoms with Crippen molar-refractivity contribution in [1.29, 1.82) is 0 Å². The maximum Gasteiger partial charge on any atom is 0.231 e. The molecule has 110 valence electrons. The number of halogens is 1. The predicted octanol–water partition coefficient (Wildman–Crippen LogP) is 2.80. The number of rotatable bonds is 1.